The lowest BCUT2D eigenvalue weighted by Crippen LogP contribution is -2.27. The summed E-state index contributed by atoms with van der Waals surface area (Å²) in [5.41, 5.74) is 0.00930. The molecule has 0 aliphatic rings. The highest BCUT2D eigenvalue weighted by molar-refractivity contribution is 6.32. The monoisotopic (exact) mass is 329 g/mol. The molecular weight excluding hydrogens is 306 g/mol. The van der Waals surface area contributed by atoms with Crippen LogP contribution in [0.2, 0.25) is 5.02 Å². The van der Waals surface area contributed by atoms with Crippen LogP contribution in [0.3, 0.4) is 0 Å². The van der Waals surface area contributed by atoms with Gasteiger partial charge in [0.15, 0.2) is 0 Å². The minimum absolute atomic E-state index is 0.398. The van der Waals surface area contributed by atoms with Crippen LogP contribution in [-0.4, -0.2) is 31.5 Å². The molecule has 0 saturated heterocycles. The Morgan fingerprint density at radius 3 is 2.59 bits per heavy atom. The van der Waals surface area contributed by atoms with Crippen molar-refractivity contribution in [3.05, 3.63) is 23.2 Å². The number of carbonyl (C=O) groups is 1. The largest absolute Gasteiger partial charge is 0.490 e. The van der Waals surface area contributed by atoms with Gasteiger partial charge in [0.1, 0.15) is 18.0 Å². The molecule has 0 unspecified atom stereocenters. The van der Waals surface area contributed by atoms with Crippen LogP contribution in [0.4, 0.5) is 10.5 Å². The van der Waals surface area contributed by atoms with Gasteiger partial charge in [0, 0.05) is 18.4 Å². The summed E-state index contributed by atoms with van der Waals surface area (Å²) >= 11 is 6.07. The van der Waals surface area contributed by atoms with Gasteiger partial charge in [0.2, 0.25) is 0 Å². The summed E-state index contributed by atoms with van der Waals surface area (Å²) in [6.45, 7) is 9.06. The number of ether oxygens (including phenoxy) is 3. The molecule has 6 heteroatoms. The summed E-state index contributed by atoms with van der Waals surface area (Å²) in [6, 6.07) is 5.01. The molecule has 0 spiro atoms. The molecule has 1 aromatic carbocycles. The molecule has 0 aliphatic heterocycles. The van der Waals surface area contributed by atoms with Gasteiger partial charge in [-0.15, -0.1) is 0 Å². The van der Waals surface area contributed by atoms with Crippen LogP contribution in [-0.2, 0) is 9.47 Å². The Balaban J connectivity index is 2.56. The third kappa shape index (κ3) is 7.52. The van der Waals surface area contributed by atoms with Gasteiger partial charge in [-0.25, -0.2) is 4.79 Å². The number of benzene rings is 1. The van der Waals surface area contributed by atoms with Gasteiger partial charge in [0.25, 0.3) is 0 Å². The lowest BCUT2D eigenvalue weighted by atomic mass is 10.2. The Hall–Kier alpha value is -1.46. The summed E-state index contributed by atoms with van der Waals surface area (Å²) in [7, 11) is 0. The second-order valence-corrected chi connectivity index (χ2v) is 6.14. The first kappa shape index (κ1) is 18.6. The van der Waals surface area contributed by atoms with Gasteiger partial charge in [-0.1, -0.05) is 18.5 Å². The average molecular weight is 330 g/mol. The van der Waals surface area contributed by atoms with Crippen molar-refractivity contribution in [3.63, 3.8) is 0 Å². The molecule has 0 saturated carbocycles. The first-order valence-electron chi connectivity index (χ1n) is 7.32. The van der Waals surface area contributed by atoms with Crippen LogP contribution >= 0.6 is 11.6 Å². The number of rotatable bonds is 7. The molecule has 0 bridgehead atoms. The fraction of sp³-hybridized carbons (Fsp3) is 0.562. The van der Waals surface area contributed by atoms with Crippen LogP contribution in [0.15, 0.2) is 18.2 Å². The number of anilines is 1. The molecule has 0 radical (unpaired) electrons. The summed E-state index contributed by atoms with van der Waals surface area (Å²) in [6.07, 6.45) is 0.447. The van der Waals surface area contributed by atoms with Gasteiger partial charge < -0.3 is 14.2 Å². The van der Waals surface area contributed by atoms with Crippen molar-refractivity contribution in [2.24, 2.45) is 0 Å². The highest BCUT2D eigenvalue weighted by Crippen LogP contribution is 2.28. The molecule has 0 aliphatic carbocycles. The predicted octanol–water partition coefficient (Wildman–Crippen LogP) is 4.49. The number of halogens is 1. The normalized spacial score (nSPS) is 11.1. The van der Waals surface area contributed by atoms with Crippen molar-refractivity contribution < 1.29 is 19.0 Å². The molecule has 0 fully saturated rings. The fourth-order valence-electron chi connectivity index (χ4n) is 1.57. The smallest absolute Gasteiger partial charge is 0.412 e. The average Bonchev–Trinajstić information content (AvgIpc) is 2.39. The zero-order valence-electron chi connectivity index (χ0n) is 13.6. The highest BCUT2D eigenvalue weighted by Gasteiger charge is 2.16. The first-order chi connectivity index (χ1) is 10.3. The Morgan fingerprint density at radius 1 is 1.23 bits per heavy atom. The maximum Gasteiger partial charge on any atom is 0.412 e. The minimum atomic E-state index is -0.549. The molecular formula is C16H24ClNO4. The molecule has 0 aromatic heterocycles. The summed E-state index contributed by atoms with van der Waals surface area (Å²) in [5, 5.41) is 3.12. The van der Waals surface area contributed by atoms with E-state index in [9.17, 15) is 4.79 Å². The molecule has 1 aromatic rings. The summed E-state index contributed by atoms with van der Waals surface area (Å²) in [5.74, 6) is 0.496. The number of amides is 1. The maximum absolute atomic E-state index is 11.7. The van der Waals surface area contributed by atoms with E-state index in [1.165, 1.54) is 0 Å². The standard InChI is InChI=1S/C16H24ClNO4/c1-5-8-20-9-10-21-14-11-12(6-7-13(14)17)18-15(19)22-16(2,3)4/h6-7,11H,5,8-10H2,1-4H3,(H,18,19). The van der Waals surface area contributed by atoms with Crippen LogP contribution in [0, 0.1) is 0 Å². The van der Waals surface area contributed by atoms with Gasteiger partial charge in [-0.2, -0.15) is 0 Å². The van der Waals surface area contributed by atoms with Crippen molar-refractivity contribution in [1.82, 2.24) is 0 Å². The van der Waals surface area contributed by atoms with E-state index in [2.05, 4.69) is 5.32 Å². The van der Waals surface area contributed by atoms with E-state index in [1.54, 1.807) is 39.0 Å². The highest BCUT2D eigenvalue weighted by atomic mass is 35.5. The molecule has 1 rings (SSSR count). The number of carbonyl (C=O) groups excluding carboxylic acids is 1. The van der Waals surface area contributed by atoms with Crippen molar-refractivity contribution in [1.29, 1.82) is 0 Å². The molecule has 5 nitrogen and oxygen atoms in total. The number of hydrogen-bond acceptors (Lipinski definition) is 4. The second-order valence-electron chi connectivity index (χ2n) is 5.73. The molecule has 1 amide bonds. The second kappa shape index (κ2) is 8.86. The topological polar surface area (TPSA) is 56.8 Å². The maximum atomic E-state index is 11.7. The van der Waals surface area contributed by atoms with E-state index >= 15 is 0 Å². The Labute approximate surface area is 136 Å². The summed E-state index contributed by atoms with van der Waals surface area (Å²) < 4.78 is 16.1. The lowest BCUT2D eigenvalue weighted by molar-refractivity contribution is 0.0636. The van der Waals surface area contributed by atoms with Crippen LogP contribution in [0.25, 0.3) is 0 Å². The Morgan fingerprint density at radius 2 is 1.95 bits per heavy atom. The van der Waals surface area contributed by atoms with E-state index in [-0.39, 0.29) is 0 Å². The van der Waals surface area contributed by atoms with E-state index in [0.717, 1.165) is 6.42 Å². The zero-order chi connectivity index (χ0) is 16.6. The predicted molar refractivity (Wildman–Crippen MR) is 87.9 cm³/mol. The van der Waals surface area contributed by atoms with Crippen molar-refractivity contribution in [3.8, 4) is 5.75 Å². The lowest BCUT2D eigenvalue weighted by Gasteiger charge is -2.20. The SMILES string of the molecule is CCCOCCOc1cc(NC(=O)OC(C)(C)C)ccc1Cl. The zero-order valence-corrected chi connectivity index (χ0v) is 14.3. The minimum Gasteiger partial charge on any atom is -0.490 e. The third-order valence-corrected chi connectivity index (χ3v) is 2.72. The van der Waals surface area contributed by atoms with E-state index < -0.39 is 11.7 Å². The Kier molecular flexibility index (Phi) is 7.48. The van der Waals surface area contributed by atoms with Crippen LogP contribution in [0.5, 0.6) is 5.75 Å². The van der Waals surface area contributed by atoms with Crippen LogP contribution in [0.1, 0.15) is 34.1 Å². The van der Waals surface area contributed by atoms with E-state index in [1.807, 2.05) is 6.92 Å². The fourth-order valence-corrected chi connectivity index (χ4v) is 1.74. The van der Waals surface area contributed by atoms with Crippen molar-refractivity contribution in [2.75, 3.05) is 25.1 Å². The van der Waals surface area contributed by atoms with Crippen molar-refractivity contribution in [2.45, 2.75) is 39.7 Å². The molecule has 1 N–H and O–H groups in total. The first-order valence-corrected chi connectivity index (χ1v) is 7.69. The quantitative estimate of drug-likeness (QED) is 0.749. The van der Waals surface area contributed by atoms with E-state index in [0.29, 0.717) is 36.3 Å². The number of hydrogen-bond donors (Lipinski definition) is 1. The number of nitrogens with one attached hydrogen (secondary N) is 1. The van der Waals surface area contributed by atoms with Gasteiger partial charge in [0.05, 0.1) is 11.6 Å². The van der Waals surface area contributed by atoms with Crippen LogP contribution < -0.4 is 10.1 Å². The molecule has 0 heterocycles. The molecule has 124 valence electrons. The van der Waals surface area contributed by atoms with Crippen molar-refractivity contribution >= 4 is 23.4 Å². The molecule has 0 atom stereocenters. The van der Waals surface area contributed by atoms with E-state index in [4.69, 9.17) is 25.8 Å². The van der Waals surface area contributed by atoms with Gasteiger partial charge in [-0.3, -0.25) is 5.32 Å². The molecule has 22 heavy (non-hydrogen) atoms. The van der Waals surface area contributed by atoms with Gasteiger partial charge >= 0.3 is 6.09 Å². The Bertz CT molecular complexity index is 486. The summed E-state index contributed by atoms with van der Waals surface area (Å²) in [4.78, 5) is 11.7. The third-order valence-electron chi connectivity index (χ3n) is 2.41. The van der Waals surface area contributed by atoms with Gasteiger partial charge in [-0.05, 0) is 39.3 Å².